The third kappa shape index (κ3) is 5.14. The van der Waals surface area contributed by atoms with Crippen molar-refractivity contribution < 1.29 is 14.3 Å². The largest absolute Gasteiger partial charge is 0.488 e. The molecule has 1 N–H and O–H groups in total. The highest BCUT2D eigenvalue weighted by Crippen LogP contribution is 2.25. The lowest BCUT2D eigenvalue weighted by molar-refractivity contribution is -0.123. The third-order valence-electron chi connectivity index (χ3n) is 4.89. The van der Waals surface area contributed by atoms with Crippen LogP contribution in [0.25, 0.3) is 6.08 Å². The second-order valence-electron chi connectivity index (χ2n) is 7.33. The summed E-state index contributed by atoms with van der Waals surface area (Å²) in [7, 11) is 0. The summed E-state index contributed by atoms with van der Waals surface area (Å²) in [5, 5.41) is 2.67. The van der Waals surface area contributed by atoms with Crippen molar-refractivity contribution in [3.63, 3.8) is 0 Å². The molecule has 0 radical (unpaired) electrons. The Balaban J connectivity index is 1.45. The number of urea groups is 1. The second kappa shape index (κ2) is 9.34. The average molecular weight is 524 g/mol. The first-order valence-electron chi connectivity index (χ1n) is 9.86. The summed E-state index contributed by atoms with van der Waals surface area (Å²) >= 11 is 2.21. The Kier molecular flexibility index (Phi) is 6.36. The number of nitrogens with zero attached hydrogens (tertiary/aromatic N) is 1. The zero-order valence-corrected chi connectivity index (χ0v) is 19.1. The van der Waals surface area contributed by atoms with Crippen LogP contribution in [-0.2, 0) is 17.9 Å². The Morgan fingerprint density at radius 2 is 1.74 bits per heavy atom. The number of hydrogen-bond donors (Lipinski definition) is 1. The normalized spacial score (nSPS) is 14.8. The number of carbonyl (C=O) groups excluding carboxylic acids is 2. The van der Waals surface area contributed by atoms with Gasteiger partial charge in [-0.05, 0) is 64.4 Å². The van der Waals surface area contributed by atoms with Gasteiger partial charge in [0.2, 0.25) is 0 Å². The van der Waals surface area contributed by atoms with E-state index in [1.165, 1.54) is 10.5 Å². The molecule has 156 valence electrons. The molecule has 1 heterocycles. The fourth-order valence-corrected chi connectivity index (χ4v) is 4.03. The van der Waals surface area contributed by atoms with Gasteiger partial charge in [0.15, 0.2) is 0 Å². The molecule has 0 saturated carbocycles. The number of halogens is 1. The molecule has 1 aliphatic heterocycles. The molecule has 3 amide bonds. The van der Waals surface area contributed by atoms with Crippen molar-refractivity contribution in [2.24, 2.45) is 0 Å². The number of aryl methyl sites for hydroxylation is 1. The van der Waals surface area contributed by atoms with E-state index in [1.807, 2.05) is 60.7 Å². The molecule has 3 aromatic rings. The minimum Gasteiger partial charge on any atom is -0.488 e. The lowest BCUT2D eigenvalue weighted by Crippen LogP contribution is -2.30. The summed E-state index contributed by atoms with van der Waals surface area (Å²) in [6, 6.07) is 22.9. The maximum atomic E-state index is 12.7. The standard InChI is InChI=1S/C25H21IN2O3/c1-17-6-5-9-20(12-17)16-31-23-11-10-19(13-21(23)26)14-22-24(29)28(25(30)27-22)15-18-7-3-2-4-8-18/h2-14H,15-16H2,1H3,(H,27,30)/b22-14+. The van der Waals surface area contributed by atoms with Crippen molar-refractivity contribution in [3.8, 4) is 5.75 Å². The van der Waals surface area contributed by atoms with Gasteiger partial charge in [-0.3, -0.25) is 9.69 Å². The van der Waals surface area contributed by atoms with Gasteiger partial charge in [0.05, 0.1) is 10.1 Å². The summed E-state index contributed by atoms with van der Waals surface area (Å²) in [6.07, 6.45) is 1.69. The minimum absolute atomic E-state index is 0.242. The lowest BCUT2D eigenvalue weighted by Gasteiger charge is -2.11. The number of benzene rings is 3. The predicted octanol–water partition coefficient (Wildman–Crippen LogP) is 5.27. The molecule has 0 bridgehead atoms. The molecule has 31 heavy (non-hydrogen) atoms. The van der Waals surface area contributed by atoms with E-state index in [4.69, 9.17) is 4.74 Å². The van der Waals surface area contributed by atoms with Gasteiger partial charge >= 0.3 is 6.03 Å². The van der Waals surface area contributed by atoms with E-state index in [0.717, 1.165) is 26.0 Å². The molecule has 0 atom stereocenters. The van der Waals surface area contributed by atoms with E-state index >= 15 is 0 Å². The molecule has 3 aromatic carbocycles. The molecule has 5 nitrogen and oxygen atoms in total. The number of hydrogen-bond acceptors (Lipinski definition) is 3. The Morgan fingerprint density at radius 3 is 2.48 bits per heavy atom. The molecule has 1 fully saturated rings. The highest BCUT2D eigenvalue weighted by molar-refractivity contribution is 14.1. The topological polar surface area (TPSA) is 58.6 Å². The van der Waals surface area contributed by atoms with E-state index in [-0.39, 0.29) is 18.1 Å². The summed E-state index contributed by atoms with van der Waals surface area (Å²) < 4.78 is 6.88. The van der Waals surface area contributed by atoms with Gasteiger partial charge in [-0.25, -0.2) is 4.79 Å². The number of rotatable bonds is 6. The third-order valence-corrected chi connectivity index (χ3v) is 5.73. The molecule has 0 aliphatic carbocycles. The molecule has 1 aliphatic rings. The van der Waals surface area contributed by atoms with Gasteiger partial charge in [-0.1, -0.05) is 66.2 Å². The fraction of sp³-hybridized carbons (Fsp3) is 0.120. The van der Waals surface area contributed by atoms with Crippen molar-refractivity contribution in [1.82, 2.24) is 10.2 Å². The molecular formula is C25H21IN2O3. The molecular weight excluding hydrogens is 503 g/mol. The number of imide groups is 1. The summed E-state index contributed by atoms with van der Waals surface area (Å²) in [4.78, 5) is 26.2. The van der Waals surface area contributed by atoms with E-state index in [2.05, 4.69) is 47.0 Å². The van der Waals surface area contributed by atoms with E-state index in [0.29, 0.717) is 6.61 Å². The number of carbonyl (C=O) groups is 2. The highest BCUT2D eigenvalue weighted by atomic mass is 127. The zero-order valence-electron chi connectivity index (χ0n) is 17.0. The Labute approximate surface area is 194 Å². The smallest absolute Gasteiger partial charge is 0.329 e. The van der Waals surface area contributed by atoms with Crippen LogP contribution in [0.1, 0.15) is 22.3 Å². The maximum Gasteiger partial charge on any atom is 0.329 e. The summed E-state index contributed by atoms with van der Waals surface area (Å²) in [5.74, 6) is 0.445. The fourth-order valence-electron chi connectivity index (χ4n) is 3.33. The van der Waals surface area contributed by atoms with Crippen LogP contribution in [0.4, 0.5) is 4.79 Å². The SMILES string of the molecule is Cc1cccc(COc2ccc(/C=C3/NC(=O)N(Cc4ccccc4)C3=O)cc2I)c1. The monoisotopic (exact) mass is 524 g/mol. The quantitative estimate of drug-likeness (QED) is 0.272. The van der Waals surface area contributed by atoms with Crippen LogP contribution in [0, 0.1) is 10.5 Å². The highest BCUT2D eigenvalue weighted by Gasteiger charge is 2.33. The van der Waals surface area contributed by atoms with Gasteiger partial charge in [0.25, 0.3) is 5.91 Å². The van der Waals surface area contributed by atoms with Gasteiger partial charge in [-0.2, -0.15) is 0 Å². The van der Waals surface area contributed by atoms with Gasteiger partial charge in [0.1, 0.15) is 18.1 Å². The van der Waals surface area contributed by atoms with Crippen molar-refractivity contribution in [2.45, 2.75) is 20.1 Å². The number of nitrogens with one attached hydrogen (secondary N) is 1. The Morgan fingerprint density at radius 1 is 0.968 bits per heavy atom. The summed E-state index contributed by atoms with van der Waals surface area (Å²) in [6.45, 7) is 2.78. The van der Waals surface area contributed by atoms with E-state index < -0.39 is 6.03 Å². The van der Waals surface area contributed by atoms with E-state index in [9.17, 15) is 9.59 Å². The first-order chi connectivity index (χ1) is 15.0. The van der Waals surface area contributed by atoms with E-state index in [1.54, 1.807) is 6.08 Å². The van der Waals surface area contributed by atoms with Crippen LogP contribution in [0.5, 0.6) is 5.75 Å². The average Bonchev–Trinajstić information content (AvgIpc) is 3.01. The summed E-state index contributed by atoms with van der Waals surface area (Å²) in [5.41, 5.74) is 4.29. The minimum atomic E-state index is -0.409. The molecule has 1 saturated heterocycles. The van der Waals surface area contributed by atoms with Gasteiger partial charge in [-0.15, -0.1) is 0 Å². The Bertz CT molecular complexity index is 1160. The van der Waals surface area contributed by atoms with Gasteiger partial charge < -0.3 is 10.1 Å². The predicted molar refractivity (Wildman–Crippen MR) is 128 cm³/mol. The zero-order chi connectivity index (χ0) is 21.8. The molecule has 0 aromatic heterocycles. The van der Waals surface area contributed by atoms with Crippen molar-refractivity contribution in [1.29, 1.82) is 0 Å². The second-order valence-corrected chi connectivity index (χ2v) is 8.49. The first-order valence-corrected chi connectivity index (χ1v) is 10.9. The van der Waals surface area contributed by atoms with Crippen LogP contribution in [0.3, 0.4) is 0 Å². The van der Waals surface area contributed by atoms with Crippen molar-refractivity contribution >= 4 is 40.6 Å². The lowest BCUT2D eigenvalue weighted by atomic mass is 10.1. The van der Waals surface area contributed by atoms with Crippen molar-refractivity contribution in [3.05, 3.63) is 104 Å². The Hall–Kier alpha value is -3.13. The van der Waals surface area contributed by atoms with Gasteiger partial charge in [0, 0.05) is 0 Å². The first kappa shape index (κ1) is 21.1. The van der Waals surface area contributed by atoms with Crippen LogP contribution in [0.15, 0.2) is 78.5 Å². The number of ether oxygens (including phenoxy) is 1. The number of amides is 3. The van der Waals surface area contributed by atoms with Crippen LogP contribution >= 0.6 is 22.6 Å². The molecule has 0 unspecified atom stereocenters. The van der Waals surface area contributed by atoms with Crippen LogP contribution < -0.4 is 10.1 Å². The van der Waals surface area contributed by atoms with Crippen molar-refractivity contribution in [2.75, 3.05) is 0 Å². The van der Waals surface area contributed by atoms with Crippen LogP contribution in [0.2, 0.25) is 0 Å². The molecule has 6 heteroatoms. The maximum absolute atomic E-state index is 12.7. The van der Waals surface area contributed by atoms with Crippen LogP contribution in [-0.4, -0.2) is 16.8 Å². The molecule has 4 rings (SSSR count). The molecule has 0 spiro atoms.